The van der Waals surface area contributed by atoms with Gasteiger partial charge in [0.2, 0.25) is 0 Å². The van der Waals surface area contributed by atoms with Crippen LogP contribution in [0.4, 0.5) is 0 Å². The maximum atomic E-state index is 9.76. The molecule has 0 saturated heterocycles. The van der Waals surface area contributed by atoms with E-state index in [2.05, 4.69) is 5.32 Å². The molecule has 3 nitrogen and oxygen atoms in total. The number of aromatic hydroxyl groups is 1. The second kappa shape index (κ2) is 5.27. The number of phenols is 1. The third-order valence-electron chi connectivity index (χ3n) is 3.02. The van der Waals surface area contributed by atoms with Gasteiger partial charge in [0.1, 0.15) is 17.3 Å². The van der Waals surface area contributed by atoms with Gasteiger partial charge < -0.3 is 14.8 Å². The first-order chi connectivity index (χ1) is 8.56. The van der Waals surface area contributed by atoms with Gasteiger partial charge in [-0.3, -0.25) is 0 Å². The van der Waals surface area contributed by atoms with E-state index in [0.29, 0.717) is 12.3 Å². The molecule has 1 heterocycles. The maximum Gasteiger partial charge on any atom is 0.120 e. The molecule has 2 rings (SSSR count). The summed E-state index contributed by atoms with van der Waals surface area (Å²) < 4.78 is 5.56. The molecule has 0 aliphatic rings. The molecular weight excluding hydrogens is 226 g/mol. The van der Waals surface area contributed by atoms with E-state index in [1.807, 2.05) is 45.0 Å². The Balaban J connectivity index is 2.01. The lowest BCUT2D eigenvalue weighted by Crippen LogP contribution is -2.17. The molecule has 96 valence electrons. The van der Waals surface area contributed by atoms with Crippen molar-refractivity contribution in [1.82, 2.24) is 5.32 Å². The number of furan rings is 1. The standard InChI is InChI=1S/C15H19NO2/c1-10-4-6-14(17)13(8-10)9-16-12(3)15-7-5-11(2)18-15/h4-8,12,16-17H,9H2,1-3H3. The van der Waals surface area contributed by atoms with Gasteiger partial charge in [-0.15, -0.1) is 0 Å². The van der Waals surface area contributed by atoms with Crippen molar-refractivity contribution in [2.24, 2.45) is 0 Å². The lowest BCUT2D eigenvalue weighted by Gasteiger charge is -2.12. The van der Waals surface area contributed by atoms with Gasteiger partial charge in [0.05, 0.1) is 6.04 Å². The van der Waals surface area contributed by atoms with E-state index in [-0.39, 0.29) is 6.04 Å². The second-order valence-electron chi connectivity index (χ2n) is 4.68. The molecule has 3 heteroatoms. The van der Waals surface area contributed by atoms with Crippen molar-refractivity contribution in [3.05, 3.63) is 53.0 Å². The Hall–Kier alpha value is -1.74. The van der Waals surface area contributed by atoms with Crippen LogP contribution < -0.4 is 5.32 Å². The zero-order valence-corrected chi connectivity index (χ0v) is 11.0. The molecule has 0 amide bonds. The highest BCUT2D eigenvalue weighted by atomic mass is 16.3. The lowest BCUT2D eigenvalue weighted by molar-refractivity contribution is 0.410. The van der Waals surface area contributed by atoms with Gasteiger partial charge in [-0.25, -0.2) is 0 Å². The molecule has 1 unspecified atom stereocenters. The summed E-state index contributed by atoms with van der Waals surface area (Å²) in [5.74, 6) is 2.16. The first-order valence-corrected chi connectivity index (χ1v) is 6.14. The van der Waals surface area contributed by atoms with E-state index in [0.717, 1.165) is 22.6 Å². The number of hydrogen-bond donors (Lipinski definition) is 2. The Bertz CT molecular complexity index is 531. The lowest BCUT2D eigenvalue weighted by atomic mass is 10.1. The first kappa shape index (κ1) is 12.7. The van der Waals surface area contributed by atoms with Gasteiger partial charge in [0, 0.05) is 12.1 Å². The van der Waals surface area contributed by atoms with Gasteiger partial charge in [0.15, 0.2) is 0 Å². The van der Waals surface area contributed by atoms with E-state index < -0.39 is 0 Å². The zero-order valence-electron chi connectivity index (χ0n) is 11.0. The molecule has 2 aromatic rings. The third-order valence-corrected chi connectivity index (χ3v) is 3.02. The second-order valence-corrected chi connectivity index (χ2v) is 4.68. The Morgan fingerprint density at radius 1 is 1.22 bits per heavy atom. The SMILES string of the molecule is Cc1ccc(O)c(CNC(C)c2ccc(C)o2)c1. The van der Waals surface area contributed by atoms with Crippen molar-refractivity contribution >= 4 is 0 Å². The van der Waals surface area contributed by atoms with Gasteiger partial charge in [-0.05, 0) is 39.0 Å². The van der Waals surface area contributed by atoms with Crippen molar-refractivity contribution in [3.8, 4) is 5.75 Å². The molecule has 0 fully saturated rings. The van der Waals surface area contributed by atoms with Gasteiger partial charge in [-0.2, -0.15) is 0 Å². The molecule has 0 aliphatic carbocycles. The van der Waals surface area contributed by atoms with Gasteiger partial charge in [0.25, 0.3) is 0 Å². The highest BCUT2D eigenvalue weighted by Gasteiger charge is 2.10. The summed E-state index contributed by atoms with van der Waals surface area (Å²) in [6, 6.07) is 9.67. The minimum absolute atomic E-state index is 0.124. The van der Waals surface area contributed by atoms with Crippen molar-refractivity contribution < 1.29 is 9.52 Å². The summed E-state index contributed by atoms with van der Waals surface area (Å²) in [6.07, 6.45) is 0. The molecule has 0 bridgehead atoms. The molecule has 18 heavy (non-hydrogen) atoms. The average molecular weight is 245 g/mol. The summed E-state index contributed by atoms with van der Waals surface area (Å²) in [5, 5.41) is 13.1. The largest absolute Gasteiger partial charge is 0.508 e. The molecule has 0 radical (unpaired) electrons. The number of rotatable bonds is 4. The summed E-state index contributed by atoms with van der Waals surface area (Å²) in [7, 11) is 0. The van der Waals surface area contributed by atoms with Gasteiger partial charge >= 0.3 is 0 Å². The first-order valence-electron chi connectivity index (χ1n) is 6.14. The average Bonchev–Trinajstić information content (AvgIpc) is 2.77. The Kier molecular flexibility index (Phi) is 3.72. The number of phenolic OH excluding ortho intramolecular Hbond substituents is 1. The highest BCUT2D eigenvalue weighted by Crippen LogP contribution is 2.20. The molecule has 0 spiro atoms. The summed E-state index contributed by atoms with van der Waals surface area (Å²) in [5.41, 5.74) is 2.05. The number of benzene rings is 1. The number of aryl methyl sites for hydroxylation is 2. The minimum atomic E-state index is 0.124. The fourth-order valence-electron chi connectivity index (χ4n) is 1.91. The van der Waals surface area contributed by atoms with Crippen LogP contribution in [0.5, 0.6) is 5.75 Å². The Labute approximate surface area is 107 Å². The molecule has 2 N–H and O–H groups in total. The van der Waals surface area contributed by atoms with Crippen molar-refractivity contribution in [2.45, 2.75) is 33.4 Å². The highest BCUT2D eigenvalue weighted by molar-refractivity contribution is 5.35. The molecule has 0 aliphatic heterocycles. The Morgan fingerprint density at radius 2 is 2.00 bits per heavy atom. The smallest absolute Gasteiger partial charge is 0.120 e. The van der Waals surface area contributed by atoms with Crippen molar-refractivity contribution in [3.63, 3.8) is 0 Å². The molecule has 0 saturated carbocycles. The number of nitrogens with one attached hydrogen (secondary N) is 1. The van der Waals surface area contributed by atoms with Crippen LogP contribution in [0, 0.1) is 13.8 Å². The summed E-state index contributed by atoms with van der Waals surface area (Å²) in [4.78, 5) is 0. The molecule has 1 atom stereocenters. The minimum Gasteiger partial charge on any atom is -0.508 e. The van der Waals surface area contributed by atoms with E-state index in [1.165, 1.54) is 0 Å². The van der Waals surface area contributed by atoms with Crippen LogP contribution >= 0.6 is 0 Å². The quantitative estimate of drug-likeness (QED) is 0.867. The van der Waals surface area contributed by atoms with Crippen LogP contribution in [0.1, 0.15) is 35.6 Å². The third kappa shape index (κ3) is 2.93. The van der Waals surface area contributed by atoms with E-state index in [9.17, 15) is 5.11 Å². The van der Waals surface area contributed by atoms with Crippen LogP contribution in [0.2, 0.25) is 0 Å². The zero-order chi connectivity index (χ0) is 13.1. The summed E-state index contributed by atoms with van der Waals surface area (Å²) in [6.45, 7) is 6.62. The fourth-order valence-corrected chi connectivity index (χ4v) is 1.91. The van der Waals surface area contributed by atoms with Gasteiger partial charge in [-0.1, -0.05) is 17.7 Å². The maximum absolute atomic E-state index is 9.76. The Morgan fingerprint density at radius 3 is 2.67 bits per heavy atom. The molecule has 1 aromatic carbocycles. The topological polar surface area (TPSA) is 45.4 Å². The fraction of sp³-hybridized carbons (Fsp3) is 0.333. The molecule has 1 aromatic heterocycles. The predicted octanol–water partition coefficient (Wildman–Crippen LogP) is 3.45. The van der Waals surface area contributed by atoms with Crippen LogP contribution in [0.25, 0.3) is 0 Å². The van der Waals surface area contributed by atoms with Crippen LogP contribution in [-0.2, 0) is 6.54 Å². The normalized spacial score (nSPS) is 12.6. The van der Waals surface area contributed by atoms with E-state index >= 15 is 0 Å². The molecular formula is C15H19NO2. The van der Waals surface area contributed by atoms with E-state index in [1.54, 1.807) is 6.07 Å². The van der Waals surface area contributed by atoms with Crippen molar-refractivity contribution in [2.75, 3.05) is 0 Å². The predicted molar refractivity (Wildman–Crippen MR) is 71.5 cm³/mol. The number of hydrogen-bond acceptors (Lipinski definition) is 3. The monoisotopic (exact) mass is 245 g/mol. The summed E-state index contributed by atoms with van der Waals surface area (Å²) >= 11 is 0. The van der Waals surface area contributed by atoms with Crippen molar-refractivity contribution in [1.29, 1.82) is 0 Å². The van der Waals surface area contributed by atoms with E-state index in [4.69, 9.17) is 4.42 Å². The van der Waals surface area contributed by atoms with Crippen LogP contribution in [0.3, 0.4) is 0 Å². The van der Waals surface area contributed by atoms with Crippen LogP contribution in [-0.4, -0.2) is 5.11 Å². The van der Waals surface area contributed by atoms with Crippen LogP contribution in [0.15, 0.2) is 34.7 Å².